The van der Waals surface area contributed by atoms with Gasteiger partial charge in [0.2, 0.25) is 0 Å². The number of nitrogens with one attached hydrogen (secondary N) is 1. The number of amides is 1. The molecular formula is C45H33Cl3N8O5. The number of rotatable bonds is 7. The summed E-state index contributed by atoms with van der Waals surface area (Å²) in [5.74, 6) is -0.317. The van der Waals surface area contributed by atoms with E-state index in [-0.39, 0.29) is 24.4 Å². The Morgan fingerprint density at radius 1 is 0.607 bits per heavy atom. The number of fused-ring (bicyclic) bond motifs is 4. The first-order valence-corrected chi connectivity index (χ1v) is 19.5. The van der Waals surface area contributed by atoms with Crippen LogP contribution in [0.25, 0.3) is 38.4 Å². The van der Waals surface area contributed by atoms with Gasteiger partial charge in [-0.3, -0.25) is 29.1 Å². The van der Waals surface area contributed by atoms with Crippen molar-refractivity contribution in [3.8, 4) is 0 Å². The molecular weight excluding hydrogens is 839 g/mol. The molecule has 13 nitrogen and oxygen atoms in total. The van der Waals surface area contributed by atoms with E-state index in [1.807, 2.05) is 42.5 Å². The Labute approximate surface area is 363 Å². The number of aromatic nitrogens is 7. The number of halogens is 3. The predicted octanol–water partition coefficient (Wildman–Crippen LogP) is 9.20. The number of pyridine rings is 5. The molecule has 0 fully saturated rings. The van der Waals surface area contributed by atoms with Crippen molar-refractivity contribution in [3.63, 3.8) is 0 Å². The molecule has 1 N–H and O–H groups in total. The maximum absolute atomic E-state index is 12.7. The van der Waals surface area contributed by atoms with E-state index in [1.165, 1.54) is 14.2 Å². The van der Waals surface area contributed by atoms with Gasteiger partial charge in [0.1, 0.15) is 0 Å². The van der Waals surface area contributed by atoms with Gasteiger partial charge in [0, 0.05) is 64.8 Å². The van der Waals surface area contributed by atoms with Crippen molar-refractivity contribution in [2.24, 2.45) is 0 Å². The molecule has 0 spiro atoms. The molecule has 9 rings (SSSR count). The van der Waals surface area contributed by atoms with Crippen LogP contribution in [0.2, 0.25) is 15.1 Å². The van der Waals surface area contributed by atoms with Crippen molar-refractivity contribution in [2.75, 3.05) is 14.2 Å². The smallest absolute Gasteiger partial charge is 0.337 e. The first kappa shape index (κ1) is 42.1. The zero-order valence-corrected chi connectivity index (χ0v) is 34.7. The second kappa shape index (κ2) is 19.3. The van der Waals surface area contributed by atoms with E-state index in [0.717, 1.165) is 44.0 Å². The van der Waals surface area contributed by atoms with Gasteiger partial charge >= 0.3 is 11.9 Å². The normalized spacial score (nSPS) is 10.7. The molecule has 1 amide bonds. The molecule has 0 aliphatic carbocycles. The maximum Gasteiger partial charge on any atom is 0.337 e. The van der Waals surface area contributed by atoms with Crippen LogP contribution in [0.4, 0.5) is 0 Å². The average Bonchev–Trinajstić information content (AvgIpc) is 3.69. The lowest BCUT2D eigenvalue weighted by atomic mass is 10.0. The lowest BCUT2D eigenvalue weighted by Gasteiger charge is -2.07. The zero-order valence-electron chi connectivity index (χ0n) is 32.4. The largest absolute Gasteiger partial charge is 0.465 e. The molecule has 304 valence electrons. The Hall–Kier alpha value is -7.06. The van der Waals surface area contributed by atoms with Crippen molar-refractivity contribution in [1.82, 2.24) is 39.9 Å². The summed E-state index contributed by atoms with van der Waals surface area (Å²) in [7, 11) is 2.72. The van der Waals surface area contributed by atoms with Gasteiger partial charge in [-0.2, -0.15) is 0 Å². The molecule has 6 aromatic heterocycles. The van der Waals surface area contributed by atoms with E-state index in [9.17, 15) is 14.4 Å². The Morgan fingerprint density at radius 2 is 1.25 bits per heavy atom. The van der Waals surface area contributed by atoms with Crippen LogP contribution in [0, 0.1) is 0 Å². The van der Waals surface area contributed by atoms with E-state index in [2.05, 4.69) is 44.9 Å². The highest BCUT2D eigenvalue weighted by Gasteiger charge is 2.12. The van der Waals surface area contributed by atoms with Crippen LogP contribution in [0.5, 0.6) is 0 Å². The van der Waals surface area contributed by atoms with Crippen LogP contribution < -0.4 is 5.32 Å². The summed E-state index contributed by atoms with van der Waals surface area (Å²) < 4.78 is 11.0. The molecule has 0 atom stereocenters. The molecule has 0 bridgehead atoms. The third-order valence-electron chi connectivity index (χ3n) is 9.11. The average molecular weight is 872 g/mol. The Morgan fingerprint density at radius 3 is 1.93 bits per heavy atom. The maximum atomic E-state index is 12.7. The molecule has 0 aliphatic rings. The summed E-state index contributed by atoms with van der Waals surface area (Å²) in [4.78, 5) is 52.2. The highest BCUT2D eigenvalue weighted by molar-refractivity contribution is 6.31. The van der Waals surface area contributed by atoms with Crippen LogP contribution in [0.15, 0.2) is 134 Å². The van der Waals surface area contributed by atoms with Crippen molar-refractivity contribution in [3.05, 3.63) is 183 Å². The highest BCUT2D eigenvalue weighted by Crippen LogP contribution is 2.21. The first-order chi connectivity index (χ1) is 29.6. The third kappa shape index (κ3) is 10.6. The SMILES string of the molecule is COC(=O)c1ccc2ncc(Cl)cc2c1.COC(=O)c1ccc2ncccc2c1.O=C(NCc1nnc2ccc(Cl)cn12)c1ccnc(Cc2ccc3ncc(Cl)cc3c2)c1. The third-order valence-corrected chi connectivity index (χ3v) is 9.75. The second-order valence-corrected chi connectivity index (χ2v) is 14.5. The summed E-state index contributed by atoms with van der Waals surface area (Å²) in [5.41, 5.74) is 6.62. The van der Waals surface area contributed by atoms with E-state index >= 15 is 0 Å². The number of benzene rings is 3. The van der Waals surface area contributed by atoms with Crippen LogP contribution in [-0.4, -0.2) is 66.6 Å². The van der Waals surface area contributed by atoms with Gasteiger partial charge < -0.3 is 14.8 Å². The summed E-state index contributed by atoms with van der Waals surface area (Å²) >= 11 is 17.9. The minimum Gasteiger partial charge on any atom is -0.465 e. The fourth-order valence-corrected chi connectivity index (χ4v) is 6.65. The Balaban J connectivity index is 0.000000160. The summed E-state index contributed by atoms with van der Waals surface area (Å²) in [6, 6.07) is 30.8. The molecule has 61 heavy (non-hydrogen) atoms. The zero-order chi connectivity index (χ0) is 42.9. The fraction of sp³-hybridized carbons (Fsp3) is 0.0889. The molecule has 3 aromatic carbocycles. The molecule has 16 heteroatoms. The van der Waals surface area contributed by atoms with Gasteiger partial charge in [0.05, 0.1) is 63.5 Å². The van der Waals surface area contributed by atoms with Gasteiger partial charge in [-0.15, -0.1) is 10.2 Å². The number of nitrogens with zero attached hydrogens (tertiary/aromatic N) is 7. The van der Waals surface area contributed by atoms with E-state index in [1.54, 1.807) is 96.0 Å². The Kier molecular flexibility index (Phi) is 13.3. The van der Waals surface area contributed by atoms with Crippen LogP contribution >= 0.6 is 34.8 Å². The number of esters is 2. The molecule has 0 saturated carbocycles. The molecule has 0 saturated heterocycles. The number of hydrogen-bond donors (Lipinski definition) is 1. The molecule has 0 radical (unpaired) electrons. The first-order valence-electron chi connectivity index (χ1n) is 18.4. The van der Waals surface area contributed by atoms with Crippen molar-refractivity contribution in [2.45, 2.75) is 13.0 Å². The number of hydrogen-bond acceptors (Lipinski definition) is 11. The minimum absolute atomic E-state index is 0.219. The Bertz CT molecular complexity index is 3070. The number of methoxy groups -OCH3 is 2. The monoisotopic (exact) mass is 870 g/mol. The second-order valence-electron chi connectivity index (χ2n) is 13.2. The lowest BCUT2D eigenvalue weighted by molar-refractivity contribution is 0.0592. The predicted molar refractivity (Wildman–Crippen MR) is 234 cm³/mol. The van der Waals surface area contributed by atoms with Gasteiger partial charge in [0.15, 0.2) is 11.5 Å². The highest BCUT2D eigenvalue weighted by atomic mass is 35.5. The van der Waals surface area contributed by atoms with Gasteiger partial charge in [0.25, 0.3) is 5.91 Å². The van der Waals surface area contributed by atoms with Crippen molar-refractivity contribution < 1.29 is 23.9 Å². The topological polar surface area (TPSA) is 163 Å². The summed E-state index contributed by atoms with van der Waals surface area (Å²) in [6.45, 7) is 0.219. The van der Waals surface area contributed by atoms with Gasteiger partial charge in [-0.1, -0.05) is 46.9 Å². The van der Waals surface area contributed by atoms with Crippen LogP contribution in [-0.2, 0) is 22.4 Å². The van der Waals surface area contributed by atoms with Crippen molar-refractivity contribution in [1.29, 1.82) is 0 Å². The number of ether oxygens (including phenoxy) is 2. The molecule has 6 heterocycles. The van der Waals surface area contributed by atoms with Crippen molar-refractivity contribution >= 4 is 91.0 Å². The lowest BCUT2D eigenvalue weighted by Crippen LogP contribution is -2.24. The molecule has 0 unspecified atom stereocenters. The summed E-state index contributed by atoms with van der Waals surface area (Å²) in [5, 5.41) is 15.5. The van der Waals surface area contributed by atoms with Gasteiger partial charge in [-0.05, 0) is 96.6 Å². The number of carbonyl (C=O) groups is 3. The minimum atomic E-state index is -0.364. The number of carbonyl (C=O) groups excluding carboxylic acids is 3. The standard InChI is InChI=1S/C23H16Cl2N6O.C11H8ClNO2.C11H9NO2/c24-17-2-4-21-29-30-22(31(21)13-17)12-28-23(32)15-5-6-26-19(10-15)8-14-1-3-20-16(7-14)9-18(25)11-27-20;1-15-11(14)7-2-3-10-8(4-7)5-9(12)6-13-10;1-14-11(13)9-4-5-10-8(7-9)3-2-6-12-10/h1-7,9-11,13H,8,12H2,(H,28,32);2-6H,1H3;2-7H,1H3. The van der Waals surface area contributed by atoms with Gasteiger partial charge in [-0.25, -0.2) is 9.59 Å². The van der Waals surface area contributed by atoms with E-state index < -0.39 is 0 Å². The molecule has 9 aromatic rings. The molecule has 0 aliphatic heterocycles. The summed E-state index contributed by atoms with van der Waals surface area (Å²) in [6.07, 6.45) is 8.86. The van der Waals surface area contributed by atoms with Crippen LogP contribution in [0.1, 0.15) is 48.2 Å². The van der Waals surface area contributed by atoms with E-state index in [4.69, 9.17) is 34.8 Å². The quantitative estimate of drug-likeness (QED) is 0.152. The van der Waals surface area contributed by atoms with Crippen LogP contribution in [0.3, 0.4) is 0 Å². The fourth-order valence-electron chi connectivity index (χ4n) is 6.15. The van der Waals surface area contributed by atoms with E-state index in [0.29, 0.717) is 49.7 Å².